The number of aromatic nitrogens is 2. The molecule has 0 saturated carbocycles. The third-order valence-electron chi connectivity index (χ3n) is 5.97. The lowest BCUT2D eigenvalue weighted by atomic mass is 9.93. The van der Waals surface area contributed by atoms with Crippen molar-refractivity contribution in [1.29, 1.82) is 0 Å². The summed E-state index contributed by atoms with van der Waals surface area (Å²) in [6.45, 7) is 5.51. The molecule has 2 N–H and O–H groups in total. The standard InChI is InChI=1S/C26H28ClFN4O6/c1-26(2,3)38-25(36)32-20-8-7-19(12-16(20)14-29-32)30-23(33)37-22(15-10-17(27)13-18(28)11-15)21-6-4-5-9-31(21)24(34)35/h7-8,10-14,21-22H,4-6,9H2,1-3H3,(H,30,33)(H,34,35)/t21-,22-/m1/s1. The molecule has 2 aromatic carbocycles. The van der Waals surface area contributed by atoms with Crippen molar-refractivity contribution in [1.82, 2.24) is 14.7 Å². The summed E-state index contributed by atoms with van der Waals surface area (Å²) >= 11 is 6.05. The smallest absolute Gasteiger partial charge is 0.435 e. The summed E-state index contributed by atoms with van der Waals surface area (Å²) in [6, 6.07) is 7.78. The number of anilines is 1. The number of nitrogens with zero attached hydrogens (tertiary/aromatic N) is 3. The van der Waals surface area contributed by atoms with Crippen LogP contribution in [-0.2, 0) is 9.47 Å². The van der Waals surface area contributed by atoms with Crippen molar-refractivity contribution in [3.8, 4) is 0 Å². The van der Waals surface area contributed by atoms with Crippen molar-refractivity contribution < 1.29 is 33.4 Å². The largest absolute Gasteiger partial charge is 0.465 e. The van der Waals surface area contributed by atoms with Crippen LogP contribution in [-0.4, -0.2) is 56.3 Å². The van der Waals surface area contributed by atoms with Gasteiger partial charge in [0.15, 0.2) is 0 Å². The number of benzene rings is 2. The first-order chi connectivity index (χ1) is 17.9. The Morgan fingerprint density at radius 2 is 1.95 bits per heavy atom. The molecule has 10 nitrogen and oxygen atoms in total. The lowest BCUT2D eigenvalue weighted by Gasteiger charge is -2.38. The number of hydrogen-bond donors (Lipinski definition) is 2. The molecular weight excluding hydrogens is 519 g/mol. The van der Waals surface area contributed by atoms with Gasteiger partial charge >= 0.3 is 18.3 Å². The van der Waals surface area contributed by atoms with Gasteiger partial charge in [-0.3, -0.25) is 5.32 Å². The molecule has 2 amide bonds. The van der Waals surface area contributed by atoms with Crippen LogP contribution in [0.25, 0.3) is 10.9 Å². The monoisotopic (exact) mass is 546 g/mol. The van der Waals surface area contributed by atoms with Gasteiger partial charge in [-0.25, -0.2) is 18.8 Å². The van der Waals surface area contributed by atoms with E-state index in [1.54, 1.807) is 39.0 Å². The Morgan fingerprint density at radius 1 is 1.18 bits per heavy atom. The van der Waals surface area contributed by atoms with Crippen LogP contribution in [0.5, 0.6) is 0 Å². The van der Waals surface area contributed by atoms with Gasteiger partial charge in [-0.2, -0.15) is 9.78 Å². The number of hydrogen-bond acceptors (Lipinski definition) is 6. The van der Waals surface area contributed by atoms with Gasteiger partial charge in [-0.05, 0) is 82.0 Å². The van der Waals surface area contributed by atoms with Crippen molar-refractivity contribution >= 4 is 46.5 Å². The molecule has 3 aromatic rings. The van der Waals surface area contributed by atoms with Gasteiger partial charge in [0.05, 0.1) is 17.8 Å². The number of piperidine rings is 1. The van der Waals surface area contributed by atoms with Crippen molar-refractivity contribution in [3.05, 3.63) is 59.0 Å². The Kier molecular flexibility index (Phi) is 7.77. The molecule has 0 aliphatic carbocycles. The second-order valence-electron chi connectivity index (χ2n) is 10.0. The number of halogens is 2. The maximum absolute atomic E-state index is 14.2. The fourth-order valence-corrected chi connectivity index (χ4v) is 4.67. The maximum Gasteiger partial charge on any atom is 0.435 e. The topological polar surface area (TPSA) is 123 Å². The van der Waals surface area contributed by atoms with E-state index in [-0.39, 0.29) is 17.1 Å². The van der Waals surface area contributed by atoms with Gasteiger partial charge < -0.3 is 19.5 Å². The van der Waals surface area contributed by atoms with Gasteiger partial charge in [-0.1, -0.05) is 11.6 Å². The van der Waals surface area contributed by atoms with Crippen LogP contribution in [0.1, 0.15) is 51.7 Å². The molecule has 12 heteroatoms. The second kappa shape index (κ2) is 10.9. The summed E-state index contributed by atoms with van der Waals surface area (Å²) in [4.78, 5) is 38.5. The van der Waals surface area contributed by atoms with E-state index in [0.717, 1.165) is 17.2 Å². The van der Waals surface area contributed by atoms with E-state index >= 15 is 0 Å². The molecule has 202 valence electrons. The lowest BCUT2D eigenvalue weighted by molar-refractivity contribution is 0.0177. The van der Waals surface area contributed by atoms with E-state index in [0.29, 0.717) is 29.4 Å². The number of fused-ring (bicyclic) bond motifs is 1. The summed E-state index contributed by atoms with van der Waals surface area (Å²) in [5, 5.41) is 17.1. The molecule has 4 rings (SSSR count). The van der Waals surface area contributed by atoms with Gasteiger partial charge in [0.25, 0.3) is 0 Å². The molecule has 1 saturated heterocycles. The molecule has 2 atom stereocenters. The van der Waals surface area contributed by atoms with Crippen LogP contribution in [0.2, 0.25) is 5.02 Å². The Balaban J connectivity index is 1.56. The molecule has 1 aliphatic rings. The van der Waals surface area contributed by atoms with E-state index in [2.05, 4.69) is 10.4 Å². The summed E-state index contributed by atoms with van der Waals surface area (Å²) in [7, 11) is 0. The number of carbonyl (C=O) groups excluding carboxylic acids is 2. The van der Waals surface area contributed by atoms with E-state index in [1.807, 2.05) is 0 Å². The molecule has 0 radical (unpaired) electrons. The Labute approximate surface area is 223 Å². The first-order valence-corrected chi connectivity index (χ1v) is 12.4. The summed E-state index contributed by atoms with van der Waals surface area (Å²) in [5.74, 6) is -0.633. The van der Waals surface area contributed by atoms with Gasteiger partial charge in [0.1, 0.15) is 17.5 Å². The minimum atomic E-state index is -1.15. The second-order valence-corrected chi connectivity index (χ2v) is 10.4. The Bertz CT molecular complexity index is 1350. The SMILES string of the molecule is CC(C)(C)OC(=O)n1ncc2cc(NC(=O)O[C@H](c3cc(F)cc(Cl)c3)[C@H]3CCCCN3C(=O)O)ccc21. The zero-order valence-electron chi connectivity index (χ0n) is 21.1. The lowest BCUT2D eigenvalue weighted by Crippen LogP contribution is -2.47. The number of amides is 2. The van der Waals surface area contributed by atoms with Crippen LogP contribution < -0.4 is 5.32 Å². The highest BCUT2D eigenvalue weighted by molar-refractivity contribution is 6.30. The van der Waals surface area contributed by atoms with Gasteiger partial charge in [0.2, 0.25) is 0 Å². The fraction of sp³-hybridized carbons (Fsp3) is 0.385. The minimum absolute atomic E-state index is 0.0964. The molecule has 2 heterocycles. The fourth-order valence-electron chi connectivity index (χ4n) is 4.44. The highest BCUT2D eigenvalue weighted by Gasteiger charge is 2.37. The minimum Gasteiger partial charge on any atom is -0.465 e. The highest BCUT2D eigenvalue weighted by atomic mass is 35.5. The molecule has 1 aromatic heterocycles. The molecule has 0 spiro atoms. The van der Waals surface area contributed by atoms with Crippen molar-refractivity contribution in [2.24, 2.45) is 0 Å². The van der Waals surface area contributed by atoms with Crippen molar-refractivity contribution in [2.75, 3.05) is 11.9 Å². The zero-order valence-corrected chi connectivity index (χ0v) is 21.9. The van der Waals surface area contributed by atoms with E-state index in [1.165, 1.54) is 23.2 Å². The summed E-state index contributed by atoms with van der Waals surface area (Å²) < 4.78 is 26.4. The van der Waals surface area contributed by atoms with Crippen LogP contribution >= 0.6 is 11.6 Å². The Hall–Kier alpha value is -3.86. The van der Waals surface area contributed by atoms with Crippen LogP contribution in [0.4, 0.5) is 24.5 Å². The van der Waals surface area contributed by atoms with Gasteiger partial charge in [-0.15, -0.1) is 0 Å². The van der Waals surface area contributed by atoms with Crippen molar-refractivity contribution in [3.63, 3.8) is 0 Å². The normalized spacial score (nSPS) is 16.7. The Morgan fingerprint density at radius 3 is 2.63 bits per heavy atom. The average molecular weight is 547 g/mol. The highest BCUT2D eigenvalue weighted by Crippen LogP contribution is 2.34. The third kappa shape index (κ3) is 6.34. The van der Waals surface area contributed by atoms with Crippen molar-refractivity contribution in [2.45, 2.75) is 57.8 Å². The third-order valence-corrected chi connectivity index (χ3v) is 6.19. The van der Waals surface area contributed by atoms with Crippen LogP contribution in [0, 0.1) is 5.82 Å². The van der Waals surface area contributed by atoms with E-state index < -0.39 is 41.8 Å². The molecule has 0 bridgehead atoms. The van der Waals surface area contributed by atoms with Gasteiger partial charge in [0, 0.05) is 22.6 Å². The summed E-state index contributed by atoms with van der Waals surface area (Å²) in [6.07, 6.45) is -0.490. The number of ether oxygens (including phenoxy) is 2. The van der Waals surface area contributed by atoms with E-state index in [9.17, 15) is 23.9 Å². The molecule has 0 unspecified atom stereocenters. The quantitative estimate of drug-likeness (QED) is 0.386. The van der Waals surface area contributed by atoms with Crippen LogP contribution in [0.15, 0.2) is 42.6 Å². The number of carboxylic acid groups (broad SMARTS) is 1. The first-order valence-electron chi connectivity index (χ1n) is 12.1. The average Bonchev–Trinajstić information content (AvgIpc) is 3.24. The zero-order chi connectivity index (χ0) is 27.6. The summed E-state index contributed by atoms with van der Waals surface area (Å²) in [5.41, 5.74) is 0.376. The van der Waals surface area contributed by atoms with E-state index in [4.69, 9.17) is 21.1 Å². The predicted molar refractivity (Wildman–Crippen MR) is 138 cm³/mol. The molecular formula is C26H28ClFN4O6. The number of rotatable bonds is 4. The number of likely N-dealkylation sites (tertiary alicyclic amines) is 1. The molecule has 38 heavy (non-hydrogen) atoms. The molecule has 1 fully saturated rings. The predicted octanol–water partition coefficient (Wildman–Crippen LogP) is 6.43. The molecule has 1 aliphatic heterocycles. The maximum atomic E-state index is 14.2. The number of nitrogens with one attached hydrogen (secondary N) is 1. The first kappa shape index (κ1) is 27.2. The number of carbonyl (C=O) groups is 3. The van der Waals surface area contributed by atoms with Crippen LogP contribution in [0.3, 0.4) is 0 Å².